The fraction of sp³-hybridized carbons (Fsp3) is 0.778. The minimum atomic E-state index is -0.615. The monoisotopic (exact) mass is 231 g/mol. The molecule has 1 aliphatic rings. The van der Waals surface area contributed by atoms with Gasteiger partial charge in [0.15, 0.2) is 0 Å². The van der Waals surface area contributed by atoms with Crippen LogP contribution in [0.25, 0.3) is 0 Å². The second kappa shape index (κ2) is 5.37. The van der Waals surface area contributed by atoms with E-state index in [0.717, 1.165) is 12.3 Å². The molecule has 0 spiro atoms. The molecule has 0 bridgehead atoms. The summed E-state index contributed by atoms with van der Waals surface area (Å²) in [5.74, 6) is 0.981. The molecular formula is C9H17N3O2S. The van der Waals surface area contributed by atoms with Crippen LogP contribution in [-0.4, -0.2) is 40.9 Å². The minimum Gasteiger partial charge on any atom is -0.370 e. The first-order chi connectivity index (χ1) is 7.02. The first-order valence-electron chi connectivity index (χ1n) is 4.92. The molecule has 0 aliphatic carbocycles. The van der Waals surface area contributed by atoms with Gasteiger partial charge in [0, 0.05) is 18.7 Å². The van der Waals surface area contributed by atoms with Gasteiger partial charge in [0.05, 0.1) is 11.9 Å². The molecule has 2 amide bonds. The van der Waals surface area contributed by atoms with Gasteiger partial charge >= 0.3 is 0 Å². The van der Waals surface area contributed by atoms with Gasteiger partial charge in [-0.25, -0.2) is 0 Å². The number of thioether (sulfide) groups is 1. The van der Waals surface area contributed by atoms with Crippen LogP contribution in [0.15, 0.2) is 0 Å². The van der Waals surface area contributed by atoms with Crippen molar-refractivity contribution in [3.63, 3.8) is 0 Å². The smallest absolute Gasteiger partial charge is 0.240 e. The molecule has 0 aromatic heterocycles. The molecule has 6 heteroatoms. The Morgan fingerprint density at radius 1 is 1.53 bits per heavy atom. The van der Waals surface area contributed by atoms with Gasteiger partial charge in [0.25, 0.3) is 0 Å². The van der Waals surface area contributed by atoms with Gasteiger partial charge in [-0.15, -0.1) is 11.8 Å². The Kier molecular flexibility index (Phi) is 4.41. The van der Waals surface area contributed by atoms with Crippen molar-refractivity contribution in [3.8, 4) is 0 Å². The summed E-state index contributed by atoms with van der Waals surface area (Å²) < 4.78 is 0. The van der Waals surface area contributed by atoms with E-state index in [1.54, 1.807) is 23.6 Å². The van der Waals surface area contributed by atoms with Crippen LogP contribution in [0.3, 0.4) is 0 Å². The molecule has 1 fully saturated rings. The number of nitrogens with zero attached hydrogens (tertiary/aromatic N) is 1. The van der Waals surface area contributed by atoms with Crippen molar-refractivity contribution >= 4 is 23.6 Å². The largest absolute Gasteiger partial charge is 0.370 e. The standard InChI is InChI=1S/C9H17N3O2S/c1-6(4-7(10)13)8(11)9(14)12-2-3-15-5-12/h6,8H,2-5,11H2,1H3,(H2,10,13)/t6?,8-/m0/s1. The molecule has 1 heterocycles. The van der Waals surface area contributed by atoms with Crippen LogP contribution in [0.4, 0.5) is 0 Å². The first-order valence-corrected chi connectivity index (χ1v) is 6.08. The SMILES string of the molecule is CC(CC(N)=O)[C@H](N)C(=O)N1CCSC1. The zero-order valence-corrected chi connectivity index (χ0v) is 9.63. The maximum atomic E-state index is 11.8. The number of amides is 2. The maximum Gasteiger partial charge on any atom is 0.240 e. The summed E-state index contributed by atoms with van der Waals surface area (Å²) in [7, 11) is 0. The van der Waals surface area contributed by atoms with Crippen molar-refractivity contribution in [2.45, 2.75) is 19.4 Å². The summed E-state index contributed by atoms with van der Waals surface area (Å²) in [6.07, 6.45) is 0.161. The lowest BCUT2D eigenvalue weighted by atomic mass is 9.98. The average Bonchev–Trinajstić information content (AvgIpc) is 2.67. The molecule has 4 N–H and O–H groups in total. The predicted octanol–water partition coefficient (Wildman–Crippen LogP) is -0.642. The number of rotatable bonds is 4. The molecule has 1 saturated heterocycles. The zero-order valence-electron chi connectivity index (χ0n) is 8.81. The molecule has 1 unspecified atom stereocenters. The highest BCUT2D eigenvalue weighted by Crippen LogP contribution is 2.16. The Morgan fingerprint density at radius 3 is 2.67 bits per heavy atom. The van der Waals surface area contributed by atoms with E-state index in [4.69, 9.17) is 11.5 Å². The minimum absolute atomic E-state index is 0.0752. The molecule has 0 aromatic carbocycles. The van der Waals surface area contributed by atoms with Crippen molar-refractivity contribution < 1.29 is 9.59 Å². The Labute approximate surface area is 93.5 Å². The lowest BCUT2D eigenvalue weighted by Crippen LogP contribution is -2.46. The fourth-order valence-electron chi connectivity index (χ4n) is 1.49. The molecule has 5 nitrogen and oxygen atoms in total. The van der Waals surface area contributed by atoms with Crippen molar-refractivity contribution in [2.75, 3.05) is 18.2 Å². The van der Waals surface area contributed by atoms with Gasteiger partial charge in [-0.05, 0) is 5.92 Å². The van der Waals surface area contributed by atoms with Crippen LogP contribution < -0.4 is 11.5 Å². The van der Waals surface area contributed by atoms with Gasteiger partial charge in [0.1, 0.15) is 0 Å². The maximum absolute atomic E-state index is 11.8. The number of primary amides is 1. The van der Waals surface area contributed by atoms with Crippen LogP contribution >= 0.6 is 11.8 Å². The highest BCUT2D eigenvalue weighted by Gasteiger charge is 2.28. The topological polar surface area (TPSA) is 89.4 Å². The summed E-state index contributed by atoms with van der Waals surface area (Å²) in [4.78, 5) is 24.2. The van der Waals surface area contributed by atoms with Crippen LogP contribution in [0.1, 0.15) is 13.3 Å². The Balaban J connectivity index is 2.47. The Hall–Kier alpha value is -0.750. The third-order valence-corrected chi connectivity index (χ3v) is 3.45. The summed E-state index contributed by atoms with van der Waals surface area (Å²) in [5, 5.41) is 0. The Morgan fingerprint density at radius 2 is 2.20 bits per heavy atom. The lowest BCUT2D eigenvalue weighted by Gasteiger charge is -2.23. The summed E-state index contributed by atoms with van der Waals surface area (Å²) >= 11 is 1.71. The summed E-state index contributed by atoms with van der Waals surface area (Å²) in [5.41, 5.74) is 10.8. The fourth-order valence-corrected chi connectivity index (χ4v) is 2.44. The quantitative estimate of drug-likeness (QED) is 0.673. The van der Waals surface area contributed by atoms with Gasteiger partial charge in [-0.1, -0.05) is 6.92 Å². The second-order valence-corrected chi connectivity index (χ2v) is 4.89. The van der Waals surface area contributed by atoms with Gasteiger partial charge in [-0.3, -0.25) is 9.59 Å². The van der Waals surface area contributed by atoms with Crippen LogP contribution in [-0.2, 0) is 9.59 Å². The highest BCUT2D eigenvalue weighted by molar-refractivity contribution is 7.99. The highest BCUT2D eigenvalue weighted by atomic mass is 32.2. The molecule has 1 aliphatic heterocycles. The molecule has 0 radical (unpaired) electrons. The number of carbonyl (C=O) groups is 2. The normalized spacial score (nSPS) is 20.0. The van der Waals surface area contributed by atoms with E-state index in [2.05, 4.69) is 0 Å². The van der Waals surface area contributed by atoms with Gasteiger partial charge in [0.2, 0.25) is 11.8 Å². The number of nitrogens with two attached hydrogens (primary N) is 2. The molecule has 1 rings (SSSR count). The number of hydrogen-bond acceptors (Lipinski definition) is 4. The van der Waals surface area contributed by atoms with Gasteiger partial charge in [-0.2, -0.15) is 0 Å². The third kappa shape index (κ3) is 3.39. The molecule has 86 valence electrons. The molecule has 0 aromatic rings. The zero-order chi connectivity index (χ0) is 11.4. The first kappa shape index (κ1) is 12.3. The van der Waals surface area contributed by atoms with E-state index in [1.165, 1.54) is 0 Å². The van der Waals surface area contributed by atoms with Crippen molar-refractivity contribution in [3.05, 3.63) is 0 Å². The van der Waals surface area contributed by atoms with Crippen LogP contribution in [0, 0.1) is 5.92 Å². The van der Waals surface area contributed by atoms with E-state index in [-0.39, 0.29) is 18.2 Å². The summed E-state index contributed by atoms with van der Waals surface area (Å²) in [6, 6.07) is -0.615. The number of hydrogen-bond donors (Lipinski definition) is 2. The summed E-state index contributed by atoms with van der Waals surface area (Å²) in [6.45, 7) is 2.52. The van der Waals surface area contributed by atoms with Crippen LogP contribution in [0.5, 0.6) is 0 Å². The van der Waals surface area contributed by atoms with E-state index < -0.39 is 11.9 Å². The number of carbonyl (C=O) groups excluding carboxylic acids is 2. The molecular weight excluding hydrogens is 214 g/mol. The lowest BCUT2D eigenvalue weighted by molar-refractivity contribution is -0.132. The van der Waals surface area contributed by atoms with E-state index >= 15 is 0 Å². The van der Waals surface area contributed by atoms with E-state index in [0.29, 0.717) is 5.88 Å². The third-order valence-electron chi connectivity index (χ3n) is 2.49. The van der Waals surface area contributed by atoms with Crippen molar-refractivity contribution in [1.82, 2.24) is 4.90 Å². The van der Waals surface area contributed by atoms with Gasteiger partial charge < -0.3 is 16.4 Å². The average molecular weight is 231 g/mol. The molecule has 0 saturated carbocycles. The van der Waals surface area contributed by atoms with Crippen molar-refractivity contribution in [1.29, 1.82) is 0 Å². The molecule has 15 heavy (non-hydrogen) atoms. The Bertz CT molecular complexity index is 254. The van der Waals surface area contributed by atoms with Crippen molar-refractivity contribution in [2.24, 2.45) is 17.4 Å². The van der Waals surface area contributed by atoms with E-state index in [1.807, 2.05) is 0 Å². The molecule has 2 atom stereocenters. The second-order valence-electron chi connectivity index (χ2n) is 3.81. The van der Waals surface area contributed by atoms with E-state index in [9.17, 15) is 9.59 Å². The van der Waals surface area contributed by atoms with Crippen LogP contribution in [0.2, 0.25) is 0 Å². The predicted molar refractivity (Wildman–Crippen MR) is 60.0 cm³/mol.